The van der Waals surface area contributed by atoms with Gasteiger partial charge in [0, 0.05) is 5.56 Å². The van der Waals surface area contributed by atoms with Crippen molar-refractivity contribution in [1.82, 2.24) is 0 Å². The Balaban J connectivity index is 2.33. The quantitative estimate of drug-likeness (QED) is 0.720. The molecule has 15 heavy (non-hydrogen) atoms. The predicted molar refractivity (Wildman–Crippen MR) is 63.9 cm³/mol. The highest BCUT2D eigenvalue weighted by molar-refractivity contribution is 5.79. The minimum atomic E-state index is 0.220. The summed E-state index contributed by atoms with van der Waals surface area (Å²) < 4.78 is 5.78. The summed E-state index contributed by atoms with van der Waals surface area (Å²) in [5.74, 6) is 0.977. The summed E-state index contributed by atoms with van der Waals surface area (Å²) in [5, 5.41) is 0. The van der Waals surface area contributed by atoms with Crippen molar-refractivity contribution in [2.45, 2.75) is 26.4 Å². The molecule has 0 fully saturated rings. The molecule has 0 unspecified atom stereocenters. The number of ether oxygens (including phenoxy) is 1. The van der Waals surface area contributed by atoms with Gasteiger partial charge in [0.1, 0.15) is 5.75 Å². The van der Waals surface area contributed by atoms with Crippen molar-refractivity contribution in [2.75, 3.05) is 0 Å². The Bertz CT molecular complexity index is 400. The average Bonchev–Trinajstić information content (AvgIpc) is 2.70. The van der Waals surface area contributed by atoms with Crippen molar-refractivity contribution < 1.29 is 4.74 Å². The number of benzene rings is 1. The number of hydrogen-bond donors (Lipinski definition) is 0. The van der Waals surface area contributed by atoms with Crippen molar-refractivity contribution in [3.05, 3.63) is 48.1 Å². The first-order chi connectivity index (χ1) is 7.27. The Morgan fingerprint density at radius 2 is 2.00 bits per heavy atom. The molecule has 2 rings (SSSR count). The summed E-state index contributed by atoms with van der Waals surface area (Å²) in [6, 6.07) is 8.21. The first-order valence-electron chi connectivity index (χ1n) is 5.40. The molecule has 0 saturated carbocycles. The molecule has 0 aromatic heterocycles. The second-order valence-electron chi connectivity index (χ2n) is 3.96. The van der Waals surface area contributed by atoms with E-state index in [1.165, 1.54) is 11.1 Å². The first-order valence-corrected chi connectivity index (χ1v) is 5.40. The lowest BCUT2D eigenvalue weighted by Gasteiger charge is -2.14. The highest BCUT2D eigenvalue weighted by Crippen LogP contribution is 2.30. The minimum Gasteiger partial charge on any atom is -0.490 e. The van der Waals surface area contributed by atoms with Crippen LogP contribution in [0.4, 0.5) is 0 Å². The molecule has 1 aromatic carbocycles. The molecule has 0 radical (unpaired) electrons. The van der Waals surface area contributed by atoms with Gasteiger partial charge < -0.3 is 4.74 Å². The van der Waals surface area contributed by atoms with E-state index in [-0.39, 0.29) is 6.10 Å². The van der Waals surface area contributed by atoms with E-state index in [9.17, 15) is 0 Å². The molecule has 0 atom stereocenters. The van der Waals surface area contributed by atoms with Gasteiger partial charge in [-0.05, 0) is 31.9 Å². The van der Waals surface area contributed by atoms with Gasteiger partial charge in [-0.3, -0.25) is 0 Å². The molecule has 1 heteroatoms. The normalized spacial score (nSPS) is 14.5. The van der Waals surface area contributed by atoms with Gasteiger partial charge in [0.25, 0.3) is 0 Å². The second-order valence-corrected chi connectivity index (χ2v) is 3.96. The summed E-state index contributed by atoms with van der Waals surface area (Å²) in [5.41, 5.74) is 2.46. The van der Waals surface area contributed by atoms with E-state index in [4.69, 9.17) is 4.74 Å². The van der Waals surface area contributed by atoms with Crippen LogP contribution >= 0.6 is 0 Å². The Hall–Kier alpha value is -1.50. The molecule has 78 valence electrons. The van der Waals surface area contributed by atoms with E-state index >= 15 is 0 Å². The summed E-state index contributed by atoms with van der Waals surface area (Å²) >= 11 is 0. The number of hydrogen-bond acceptors (Lipinski definition) is 1. The molecule has 0 bridgehead atoms. The van der Waals surface area contributed by atoms with Crippen molar-refractivity contribution in [3.8, 4) is 5.75 Å². The molecule has 1 nitrogen and oxygen atoms in total. The summed E-state index contributed by atoms with van der Waals surface area (Å²) in [6.07, 6.45) is 7.80. The van der Waals surface area contributed by atoms with E-state index in [0.717, 1.165) is 12.2 Å². The lowest BCUT2D eigenvalue weighted by Crippen LogP contribution is -2.06. The molecule has 1 aliphatic carbocycles. The summed E-state index contributed by atoms with van der Waals surface area (Å²) in [4.78, 5) is 0. The summed E-state index contributed by atoms with van der Waals surface area (Å²) in [6.45, 7) is 4.10. The molecule has 0 N–H and O–H groups in total. The third-order valence-corrected chi connectivity index (χ3v) is 2.33. The Morgan fingerprint density at radius 1 is 1.20 bits per heavy atom. The van der Waals surface area contributed by atoms with Gasteiger partial charge in [-0.25, -0.2) is 0 Å². The standard InChI is InChI=1S/C14H16O/c1-11(2)15-14-10-6-5-9-13(14)12-7-3-4-8-12/h3,5-11H,4H2,1-2H3. The fraction of sp³-hybridized carbons (Fsp3) is 0.286. The zero-order valence-electron chi connectivity index (χ0n) is 9.23. The predicted octanol–water partition coefficient (Wildman–Crippen LogP) is 3.82. The van der Waals surface area contributed by atoms with Crippen LogP contribution in [0.3, 0.4) is 0 Å². The van der Waals surface area contributed by atoms with Crippen LogP contribution in [0.5, 0.6) is 5.75 Å². The fourth-order valence-electron chi connectivity index (χ4n) is 1.72. The zero-order valence-corrected chi connectivity index (χ0v) is 9.23. The summed E-state index contributed by atoms with van der Waals surface area (Å²) in [7, 11) is 0. The topological polar surface area (TPSA) is 9.23 Å². The van der Waals surface area contributed by atoms with Gasteiger partial charge in [0.05, 0.1) is 6.10 Å². The van der Waals surface area contributed by atoms with Crippen molar-refractivity contribution in [2.24, 2.45) is 0 Å². The molecule has 1 aromatic rings. The highest BCUT2D eigenvalue weighted by Gasteiger charge is 2.08. The molecule has 0 heterocycles. The number of allylic oxidation sites excluding steroid dienone is 4. The minimum absolute atomic E-state index is 0.220. The maximum absolute atomic E-state index is 5.78. The first kappa shape index (κ1) is 10.0. The molecular formula is C14H16O. The SMILES string of the molecule is CC(C)Oc1ccccc1C1=CCC=C1. The van der Waals surface area contributed by atoms with Crippen LogP contribution in [0.25, 0.3) is 5.57 Å². The number of para-hydroxylation sites is 1. The zero-order chi connectivity index (χ0) is 10.7. The average molecular weight is 200 g/mol. The Morgan fingerprint density at radius 3 is 2.67 bits per heavy atom. The Kier molecular flexibility index (Phi) is 2.91. The molecular weight excluding hydrogens is 184 g/mol. The van der Waals surface area contributed by atoms with Crippen molar-refractivity contribution >= 4 is 5.57 Å². The van der Waals surface area contributed by atoms with Crippen LogP contribution in [0.1, 0.15) is 25.8 Å². The third kappa shape index (κ3) is 2.30. The highest BCUT2D eigenvalue weighted by atomic mass is 16.5. The monoisotopic (exact) mass is 200 g/mol. The van der Waals surface area contributed by atoms with Crippen LogP contribution in [0.15, 0.2) is 42.5 Å². The largest absolute Gasteiger partial charge is 0.490 e. The lowest BCUT2D eigenvalue weighted by atomic mass is 10.1. The number of rotatable bonds is 3. The van der Waals surface area contributed by atoms with Gasteiger partial charge >= 0.3 is 0 Å². The van der Waals surface area contributed by atoms with Crippen LogP contribution in [0, 0.1) is 0 Å². The second kappa shape index (κ2) is 4.35. The fourth-order valence-corrected chi connectivity index (χ4v) is 1.72. The van der Waals surface area contributed by atoms with Gasteiger partial charge in [-0.15, -0.1) is 0 Å². The smallest absolute Gasteiger partial charge is 0.127 e. The van der Waals surface area contributed by atoms with E-state index in [1.807, 2.05) is 12.1 Å². The molecule has 0 saturated heterocycles. The molecule has 0 aliphatic heterocycles. The maximum atomic E-state index is 5.78. The van der Waals surface area contributed by atoms with Crippen molar-refractivity contribution in [3.63, 3.8) is 0 Å². The lowest BCUT2D eigenvalue weighted by molar-refractivity contribution is 0.242. The van der Waals surface area contributed by atoms with E-state index in [2.05, 4.69) is 44.2 Å². The van der Waals surface area contributed by atoms with Gasteiger partial charge in [-0.1, -0.05) is 36.4 Å². The van der Waals surface area contributed by atoms with Crippen LogP contribution in [-0.2, 0) is 0 Å². The van der Waals surface area contributed by atoms with E-state index in [0.29, 0.717) is 0 Å². The van der Waals surface area contributed by atoms with Gasteiger partial charge in [0.2, 0.25) is 0 Å². The van der Waals surface area contributed by atoms with E-state index in [1.54, 1.807) is 0 Å². The maximum Gasteiger partial charge on any atom is 0.127 e. The van der Waals surface area contributed by atoms with Crippen LogP contribution < -0.4 is 4.74 Å². The van der Waals surface area contributed by atoms with Crippen LogP contribution in [0.2, 0.25) is 0 Å². The van der Waals surface area contributed by atoms with Gasteiger partial charge in [-0.2, -0.15) is 0 Å². The molecule has 0 amide bonds. The van der Waals surface area contributed by atoms with Crippen LogP contribution in [-0.4, -0.2) is 6.10 Å². The van der Waals surface area contributed by atoms with Gasteiger partial charge in [0.15, 0.2) is 0 Å². The molecule has 0 spiro atoms. The molecule has 1 aliphatic rings. The van der Waals surface area contributed by atoms with Crippen molar-refractivity contribution in [1.29, 1.82) is 0 Å². The Labute approximate surface area is 91.1 Å². The van der Waals surface area contributed by atoms with E-state index < -0.39 is 0 Å². The third-order valence-electron chi connectivity index (χ3n) is 2.33.